The van der Waals surface area contributed by atoms with Gasteiger partial charge in [0.25, 0.3) is 0 Å². The second kappa shape index (κ2) is 6.22. The van der Waals surface area contributed by atoms with Crippen LogP contribution in [0.15, 0.2) is 0 Å². The Morgan fingerprint density at radius 1 is 1.12 bits per heavy atom. The molecule has 2 rings (SSSR count). The average molecular weight is 335 g/mol. The second-order valence-corrected chi connectivity index (χ2v) is 6.37. The third-order valence-corrected chi connectivity index (χ3v) is 4.84. The van der Waals surface area contributed by atoms with Gasteiger partial charge in [-0.2, -0.15) is 0 Å². The molecule has 2 saturated carbocycles. The molecule has 1 amide bonds. The van der Waals surface area contributed by atoms with Gasteiger partial charge in [0, 0.05) is 16.9 Å². The number of alkyl halides is 1. The summed E-state index contributed by atoms with van der Waals surface area (Å²) in [6, 6.07) is 0. The molecule has 2 aliphatic carbocycles. The molecule has 0 heterocycles. The second-order valence-electron chi connectivity index (χ2n) is 5.29. The molecular formula is C13H22INO. The van der Waals surface area contributed by atoms with Gasteiger partial charge in [-0.1, -0.05) is 48.3 Å². The van der Waals surface area contributed by atoms with Crippen LogP contribution in [0.25, 0.3) is 0 Å². The van der Waals surface area contributed by atoms with E-state index in [9.17, 15) is 4.79 Å². The summed E-state index contributed by atoms with van der Waals surface area (Å²) in [6.07, 6.45) is 9.21. The van der Waals surface area contributed by atoms with E-state index in [2.05, 4.69) is 27.9 Å². The molecule has 0 aromatic rings. The molecule has 3 atom stereocenters. The van der Waals surface area contributed by atoms with E-state index in [-0.39, 0.29) is 0 Å². The van der Waals surface area contributed by atoms with Crippen molar-refractivity contribution in [3.63, 3.8) is 0 Å². The summed E-state index contributed by atoms with van der Waals surface area (Å²) in [7, 11) is 0. The van der Waals surface area contributed by atoms with Gasteiger partial charge in [0.15, 0.2) is 0 Å². The van der Waals surface area contributed by atoms with E-state index < -0.39 is 0 Å². The molecule has 0 aromatic heterocycles. The van der Waals surface area contributed by atoms with Crippen molar-refractivity contribution in [3.05, 3.63) is 0 Å². The Labute approximate surface area is 112 Å². The number of carbonyl (C=O) groups excluding carboxylic acids is 1. The maximum Gasteiger partial charge on any atom is 0.223 e. The Hall–Kier alpha value is 0.200. The van der Waals surface area contributed by atoms with Crippen LogP contribution >= 0.6 is 22.6 Å². The summed E-state index contributed by atoms with van der Waals surface area (Å²) < 4.78 is 1.02. The predicted molar refractivity (Wildman–Crippen MR) is 74.7 cm³/mol. The first kappa shape index (κ1) is 12.7. The van der Waals surface area contributed by atoms with Gasteiger partial charge in [-0.25, -0.2) is 0 Å². The molecule has 1 N–H and O–H groups in total. The van der Waals surface area contributed by atoms with Crippen LogP contribution in [0.3, 0.4) is 0 Å². The summed E-state index contributed by atoms with van der Waals surface area (Å²) in [5, 5.41) is 3.05. The predicted octanol–water partition coefficient (Wildman–Crippen LogP) is 3.14. The van der Waals surface area contributed by atoms with Gasteiger partial charge in [0.1, 0.15) is 0 Å². The van der Waals surface area contributed by atoms with Crippen molar-refractivity contribution < 1.29 is 4.79 Å². The van der Waals surface area contributed by atoms with E-state index in [0.717, 1.165) is 35.6 Å². The van der Waals surface area contributed by atoms with E-state index in [1.54, 1.807) is 0 Å². The monoisotopic (exact) mass is 335 g/mol. The summed E-state index contributed by atoms with van der Waals surface area (Å²) in [5.74, 6) is 2.45. The number of carbonyl (C=O) groups is 1. The number of fused-ring (bicyclic) bond motifs is 1. The molecule has 2 nitrogen and oxygen atoms in total. The van der Waals surface area contributed by atoms with Crippen molar-refractivity contribution in [3.8, 4) is 0 Å². The molecule has 0 saturated heterocycles. The van der Waals surface area contributed by atoms with E-state index in [1.807, 2.05) is 0 Å². The van der Waals surface area contributed by atoms with Gasteiger partial charge >= 0.3 is 0 Å². The average Bonchev–Trinajstić information content (AvgIpc) is 2.35. The van der Waals surface area contributed by atoms with Gasteiger partial charge in [0.2, 0.25) is 5.91 Å². The standard InChI is InChI=1S/C13H22INO/c14-7-8-15-13(16)12-6-5-10-3-1-2-4-11(10)9-12/h10-12H,1-9H2,(H,15,16). The number of rotatable bonds is 3. The third-order valence-electron chi connectivity index (χ3n) is 4.30. The fraction of sp³-hybridized carbons (Fsp3) is 0.923. The van der Waals surface area contributed by atoms with Crippen molar-refractivity contribution in [2.75, 3.05) is 11.0 Å². The number of halogens is 1. The quantitative estimate of drug-likeness (QED) is 0.623. The van der Waals surface area contributed by atoms with E-state index >= 15 is 0 Å². The normalized spacial score (nSPS) is 34.2. The summed E-state index contributed by atoms with van der Waals surface area (Å²) in [4.78, 5) is 11.9. The highest BCUT2D eigenvalue weighted by Crippen LogP contribution is 2.42. The van der Waals surface area contributed by atoms with Gasteiger partial charge in [-0.3, -0.25) is 4.79 Å². The maximum atomic E-state index is 11.9. The zero-order chi connectivity index (χ0) is 11.4. The van der Waals surface area contributed by atoms with Crippen molar-refractivity contribution in [2.45, 2.75) is 44.9 Å². The minimum absolute atomic E-state index is 0.320. The van der Waals surface area contributed by atoms with Crippen LogP contribution in [0.5, 0.6) is 0 Å². The smallest absolute Gasteiger partial charge is 0.223 e. The Morgan fingerprint density at radius 2 is 1.88 bits per heavy atom. The lowest BCUT2D eigenvalue weighted by Gasteiger charge is -2.38. The Balaban J connectivity index is 1.82. The molecule has 0 aromatic carbocycles. The van der Waals surface area contributed by atoms with Crippen LogP contribution in [0.2, 0.25) is 0 Å². The fourth-order valence-corrected chi connectivity index (χ4v) is 3.70. The maximum absolute atomic E-state index is 11.9. The number of nitrogens with one attached hydrogen (secondary N) is 1. The molecule has 3 unspecified atom stereocenters. The molecule has 2 fully saturated rings. The first-order chi connectivity index (χ1) is 7.81. The minimum atomic E-state index is 0.320. The first-order valence-corrected chi connectivity index (χ1v) is 8.17. The van der Waals surface area contributed by atoms with Gasteiger partial charge < -0.3 is 5.32 Å². The lowest BCUT2D eigenvalue weighted by molar-refractivity contribution is -0.127. The van der Waals surface area contributed by atoms with Crippen molar-refractivity contribution >= 4 is 28.5 Å². The molecule has 0 spiro atoms. The SMILES string of the molecule is O=C(NCCI)C1CCC2CCCCC2C1. The molecule has 0 radical (unpaired) electrons. The highest BCUT2D eigenvalue weighted by atomic mass is 127. The van der Waals surface area contributed by atoms with Crippen molar-refractivity contribution in [1.29, 1.82) is 0 Å². The van der Waals surface area contributed by atoms with Crippen LogP contribution in [0.4, 0.5) is 0 Å². The summed E-state index contributed by atoms with van der Waals surface area (Å²) >= 11 is 2.31. The molecule has 92 valence electrons. The summed E-state index contributed by atoms with van der Waals surface area (Å²) in [6.45, 7) is 0.837. The van der Waals surface area contributed by atoms with Crippen molar-refractivity contribution in [2.24, 2.45) is 17.8 Å². The Kier molecular flexibility index (Phi) is 4.92. The molecule has 0 bridgehead atoms. The van der Waals surface area contributed by atoms with Crippen LogP contribution in [0.1, 0.15) is 44.9 Å². The zero-order valence-electron chi connectivity index (χ0n) is 9.88. The highest BCUT2D eigenvalue weighted by molar-refractivity contribution is 14.1. The highest BCUT2D eigenvalue weighted by Gasteiger charge is 2.34. The van der Waals surface area contributed by atoms with Crippen LogP contribution in [-0.4, -0.2) is 16.9 Å². The topological polar surface area (TPSA) is 29.1 Å². The fourth-order valence-electron chi connectivity index (χ4n) is 3.43. The molecule has 3 heteroatoms. The van der Waals surface area contributed by atoms with Gasteiger partial charge in [0.05, 0.1) is 0 Å². The lowest BCUT2D eigenvalue weighted by atomic mass is 9.67. The Morgan fingerprint density at radius 3 is 2.62 bits per heavy atom. The van der Waals surface area contributed by atoms with Gasteiger partial charge in [-0.05, 0) is 31.1 Å². The van der Waals surface area contributed by atoms with E-state index in [1.165, 1.54) is 32.1 Å². The van der Waals surface area contributed by atoms with E-state index in [4.69, 9.17) is 0 Å². The van der Waals surface area contributed by atoms with Gasteiger partial charge in [-0.15, -0.1) is 0 Å². The molecular weight excluding hydrogens is 313 g/mol. The largest absolute Gasteiger partial charge is 0.355 e. The molecule has 0 aliphatic heterocycles. The lowest BCUT2D eigenvalue weighted by Crippen LogP contribution is -2.37. The third kappa shape index (κ3) is 3.11. The first-order valence-electron chi connectivity index (χ1n) is 6.65. The molecule has 2 aliphatic rings. The zero-order valence-corrected chi connectivity index (χ0v) is 12.0. The Bertz CT molecular complexity index is 244. The minimum Gasteiger partial charge on any atom is -0.355 e. The van der Waals surface area contributed by atoms with Crippen molar-refractivity contribution in [1.82, 2.24) is 5.32 Å². The molecule has 16 heavy (non-hydrogen) atoms. The van der Waals surface area contributed by atoms with Crippen LogP contribution < -0.4 is 5.32 Å². The number of hydrogen-bond acceptors (Lipinski definition) is 1. The van der Waals surface area contributed by atoms with Crippen LogP contribution in [0, 0.1) is 17.8 Å². The number of amides is 1. The summed E-state index contributed by atoms with van der Waals surface area (Å²) in [5.41, 5.74) is 0. The number of hydrogen-bond donors (Lipinski definition) is 1. The van der Waals surface area contributed by atoms with Crippen LogP contribution in [-0.2, 0) is 4.79 Å². The van der Waals surface area contributed by atoms with E-state index in [0.29, 0.717) is 11.8 Å².